The minimum absolute atomic E-state index is 0.105. The Bertz CT molecular complexity index is 851. The minimum atomic E-state index is 0.105. The Morgan fingerprint density at radius 2 is 1.70 bits per heavy atom. The summed E-state index contributed by atoms with van der Waals surface area (Å²) in [6.45, 7) is 14.9. The molecule has 4 heteroatoms. The van der Waals surface area contributed by atoms with Gasteiger partial charge in [0.1, 0.15) is 5.75 Å². The predicted molar refractivity (Wildman–Crippen MR) is 130 cm³/mol. The van der Waals surface area contributed by atoms with Crippen LogP contribution in [-0.4, -0.2) is 31.9 Å². The molecule has 1 atom stereocenters. The van der Waals surface area contributed by atoms with Crippen molar-refractivity contribution in [1.82, 2.24) is 4.90 Å². The summed E-state index contributed by atoms with van der Waals surface area (Å²) in [5.74, 6) is 0.979. The van der Waals surface area contributed by atoms with Gasteiger partial charge < -0.3 is 9.47 Å². The number of aryl methyl sites for hydroxylation is 2. The molecule has 3 nitrogen and oxygen atoms in total. The third kappa shape index (κ3) is 6.06. The van der Waals surface area contributed by atoms with Crippen LogP contribution in [0.1, 0.15) is 62.3 Å². The Hall–Kier alpha value is -1.41. The highest BCUT2D eigenvalue weighted by molar-refractivity contribution is 7.55. The molecule has 30 heavy (non-hydrogen) atoms. The van der Waals surface area contributed by atoms with Gasteiger partial charge in [-0.25, -0.2) is 0 Å². The van der Waals surface area contributed by atoms with Crippen molar-refractivity contribution in [3.05, 3.63) is 52.6 Å². The van der Waals surface area contributed by atoms with Crippen molar-refractivity contribution >= 4 is 19.2 Å². The summed E-state index contributed by atoms with van der Waals surface area (Å²) < 4.78 is 11.3. The Balaban J connectivity index is 1.96. The number of ether oxygens (including phenoxy) is 2. The second-order valence-electron chi connectivity index (χ2n) is 9.59. The SMILES string of the molecule is COCOc1c(C)cc(C(C)(C)C)cc1Pc1ccc(C)cc1CN1CCCCC1. The van der Waals surface area contributed by atoms with Gasteiger partial charge in [-0.3, -0.25) is 4.90 Å². The largest absolute Gasteiger partial charge is 0.467 e. The highest BCUT2D eigenvalue weighted by Crippen LogP contribution is 2.31. The maximum absolute atomic E-state index is 6.04. The van der Waals surface area contributed by atoms with Crippen LogP contribution in [0.15, 0.2) is 30.3 Å². The molecule has 0 spiro atoms. The molecule has 0 saturated carbocycles. The molecular formula is C26H38NO2P. The van der Waals surface area contributed by atoms with Crippen molar-refractivity contribution in [2.24, 2.45) is 0 Å². The zero-order valence-electron chi connectivity index (χ0n) is 19.6. The molecule has 0 radical (unpaired) electrons. The highest BCUT2D eigenvalue weighted by Gasteiger charge is 2.20. The average Bonchev–Trinajstić information content (AvgIpc) is 2.69. The molecule has 1 saturated heterocycles. The van der Waals surface area contributed by atoms with Crippen LogP contribution in [-0.2, 0) is 16.7 Å². The first-order valence-corrected chi connectivity index (χ1v) is 12.1. The van der Waals surface area contributed by atoms with Gasteiger partial charge in [0.15, 0.2) is 6.79 Å². The summed E-state index contributed by atoms with van der Waals surface area (Å²) in [4.78, 5) is 2.62. The summed E-state index contributed by atoms with van der Waals surface area (Å²) in [6, 6.07) is 11.6. The molecule has 1 unspecified atom stereocenters. The third-order valence-electron chi connectivity index (χ3n) is 5.83. The van der Waals surface area contributed by atoms with Crippen LogP contribution in [0.2, 0.25) is 0 Å². The van der Waals surface area contributed by atoms with E-state index in [-0.39, 0.29) is 12.2 Å². The first-order chi connectivity index (χ1) is 14.3. The molecule has 1 aliphatic rings. The van der Waals surface area contributed by atoms with E-state index in [2.05, 4.69) is 69.9 Å². The smallest absolute Gasteiger partial charge is 0.188 e. The first-order valence-electron chi connectivity index (χ1n) is 11.1. The normalized spacial score (nSPS) is 15.8. The van der Waals surface area contributed by atoms with Gasteiger partial charge in [0.05, 0.1) is 0 Å². The van der Waals surface area contributed by atoms with Crippen molar-refractivity contribution < 1.29 is 9.47 Å². The number of piperidine rings is 1. The molecule has 0 aliphatic carbocycles. The van der Waals surface area contributed by atoms with E-state index in [0.717, 1.165) is 12.3 Å². The topological polar surface area (TPSA) is 21.7 Å². The summed E-state index contributed by atoms with van der Waals surface area (Å²) in [6.07, 6.45) is 4.02. The molecule has 0 bridgehead atoms. The lowest BCUT2D eigenvalue weighted by Gasteiger charge is -2.28. The van der Waals surface area contributed by atoms with Crippen molar-refractivity contribution in [3.8, 4) is 5.75 Å². The molecular weight excluding hydrogens is 389 g/mol. The van der Waals surface area contributed by atoms with Crippen LogP contribution in [0.4, 0.5) is 0 Å². The molecule has 0 amide bonds. The van der Waals surface area contributed by atoms with E-state index in [0.29, 0.717) is 8.58 Å². The van der Waals surface area contributed by atoms with E-state index in [1.54, 1.807) is 7.11 Å². The van der Waals surface area contributed by atoms with E-state index in [4.69, 9.17) is 9.47 Å². The molecule has 0 aromatic heterocycles. The van der Waals surface area contributed by atoms with Gasteiger partial charge in [0.25, 0.3) is 0 Å². The zero-order chi connectivity index (χ0) is 21.7. The van der Waals surface area contributed by atoms with Crippen molar-refractivity contribution in [1.29, 1.82) is 0 Å². The third-order valence-corrected chi connectivity index (χ3v) is 7.23. The summed E-state index contributed by atoms with van der Waals surface area (Å²) in [5.41, 5.74) is 5.45. The van der Waals surface area contributed by atoms with Crippen LogP contribution in [0.5, 0.6) is 5.75 Å². The monoisotopic (exact) mass is 427 g/mol. The van der Waals surface area contributed by atoms with E-state index in [1.165, 1.54) is 65.2 Å². The number of likely N-dealkylation sites (tertiary alicyclic amines) is 1. The minimum Gasteiger partial charge on any atom is -0.467 e. The maximum atomic E-state index is 6.04. The van der Waals surface area contributed by atoms with E-state index in [9.17, 15) is 0 Å². The second-order valence-corrected chi connectivity index (χ2v) is 10.9. The van der Waals surface area contributed by atoms with Gasteiger partial charge in [0, 0.05) is 19.0 Å². The lowest BCUT2D eigenvalue weighted by Crippen LogP contribution is -2.31. The molecule has 0 N–H and O–H groups in total. The maximum Gasteiger partial charge on any atom is 0.188 e. The number of methoxy groups -OCH3 is 1. The van der Waals surface area contributed by atoms with E-state index < -0.39 is 0 Å². The standard InChI is InChI=1S/C26H38NO2P/c1-19-10-11-23(21(14-19)17-27-12-8-7-9-13-27)30-24-16-22(26(3,4)5)15-20(2)25(24)29-18-28-6/h10-11,14-16,30H,7-9,12-13,17-18H2,1-6H3. The fourth-order valence-corrected chi connectivity index (χ4v) is 5.47. The fraction of sp³-hybridized carbons (Fsp3) is 0.538. The number of nitrogens with zero attached hydrogens (tertiary/aromatic N) is 1. The number of hydrogen-bond donors (Lipinski definition) is 0. The first kappa shape index (κ1) is 23.3. The summed E-state index contributed by atoms with van der Waals surface area (Å²) in [5, 5.41) is 2.71. The Morgan fingerprint density at radius 1 is 0.967 bits per heavy atom. The van der Waals surface area contributed by atoms with Gasteiger partial charge in [0.2, 0.25) is 0 Å². The van der Waals surface area contributed by atoms with Crippen molar-refractivity contribution in [2.45, 2.75) is 65.8 Å². The second kappa shape index (κ2) is 10.3. The Morgan fingerprint density at radius 3 is 2.37 bits per heavy atom. The molecule has 164 valence electrons. The molecule has 2 aromatic rings. The van der Waals surface area contributed by atoms with Gasteiger partial charge in [-0.15, -0.1) is 0 Å². The van der Waals surface area contributed by atoms with Crippen molar-refractivity contribution in [2.75, 3.05) is 27.0 Å². The number of benzene rings is 2. The van der Waals surface area contributed by atoms with Crippen LogP contribution in [0, 0.1) is 13.8 Å². The summed E-state index contributed by atoms with van der Waals surface area (Å²) in [7, 11) is 2.25. The van der Waals surface area contributed by atoms with Crippen LogP contribution < -0.4 is 15.3 Å². The van der Waals surface area contributed by atoms with E-state index in [1.807, 2.05) is 0 Å². The average molecular weight is 428 g/mol. The number of rotatable bonds is 7. The van der Waals surface area contributed by atoms with E-state index >= 15 is 0 Å². The van der Waals surface area contributed by atoms with Gasteiger partial charge in [-0.1, -0.05) is 65.6 Å². The predicted octanol–water partition coefficient (Wildman–Crippen LogP) is 5.20. The van der Waals surface area contributed by atoms with Gasteiger partial charge in [-0.05, 0) is 73.3 Å². The van der Waals surface area contributed by atoms with Crippen LogP contribution in [0.25, 0.3) is 0 Å². The highest BCUT2D eigenvalue weighted by atomic mass is 31.1. The Kier molecular flexibility index (Phi) is 7.96. The van der Waals surface area contributed by atoms with Crippen LogP contribution in [0.3, 0.4) is 0 Å². The Labute approximate surface area is 184 Å². The lowest BCUT2D eigenvalue weighted by molar-refractivity contribution is 0.0514. The fourth-order valence-electron chi connectivity index (χ4n) is 4.09. The lowest BCUT2D eigenvalue weighted by atomic mass is 9.86. The van der Waals surface area contributed by atoms with Gasteiger partial charge >= 0.3 is 0 Å². The van der Waals surface area contributed by atoms with Gasteiger partial charge in [-0.2, -0.15) is 0 Å². The molecule has 1 heterocycles. The number of hydrogen-bond acceptors (Lipinski definition) is 3. The van der Waals surface area contributed by atoms with Crippen molar-refractivity contribution in [3.63, 3.8) is 0 Å². The van der Waals surface area contributed by atoms with Crippen LogP contribution >= 0.6 is 8.58 Å². The molecule has 1 fully saturated rings. The molecule has 2 aromatic carbocycles. The summed E-state index contributed by atoms with van der Waals surface area (Å²) >= 11 is 0. The molecule has 3 rings (SSSR count). The quantitative estimate of drug-likeness (QED) is 0.448. The zero-order valence-corrected chi connectivity index (χ0v) is 20.6. The molecule has 1 aliphatic heterocycles.